The summed E-state index contributed by atoms with van der Waals surface area (Å²) < 4.78 is 11.3. The lowest BCUT2D eigenvalue weighted by Gasteiger charge is -2.38. The van der Waals surface area contributed by atoms with Gasteiger partial charge in [0.1, 0.15) is 11.5 Å². The second-order valence-electron chi connectivity index (χ2n) is 7.51. The maximum Gasteiger partial charge on any atom is 0.130 e. The van der Waals surface area contributed by atoms with Crippen molar-refractivity contribution in [3.05, 3.63) is 23.3 Å². The van der Waals surface area contributed by atoms with Crippen molar-refractivity contribution >= 4 is 0 Å². The normalized spacial score (nSPS) is 18.5. The Labute approximate surface area is 135 Å². The summed E-state index contributed by atoms with van der Waals surface area (Å²) in [4.78, 5) is 2.55. The number of methoxy groups -OCH3 is 2. The Morgan fingerprint density at radius 2 is 1.91 bits per heavy atom. The summed E-state index contributed by atoms with van der Waals surface area (Å²) in [6, 6.07) is 4.24. The number of piperidine rings is 1. The summed E-state index contributed by atoms with van der Waals surface area (Å²) in [5.74, 6) is 2.30. The maximum absolute atomic E-state index is 5.77. The van der Waals surface area contributed by atoms with Crippen molar-refractivity contribution in [3.8, 4) is 11.5 Å². The van der Waals surface area contributed by atoms with E-state index >= 15 is 0 Å². The van der Waals surface area contributed by atoms with Gasteiger partial charge in [0.05, 0.1) is 14.2 Å². The Balaban J connectivity index is 2.29. The molecule has 1 heterocycles. The fourth-order valence-corrected chi connectivity index (χ4v) is 3.64. The molecule has 0 N–H and O–H groups in total. The molecular weight excluding hydrogens is 274 g/mol. The Morgan fingerprint density at radius 1 is 1.18 bits per heavy atom. The monoisotopic (exact) mass is 305 g/mol. The van der Waals surface area contributed by atoms with Crippen LogP contribution in [0.15, 0.2) is 12.1 Å². The molecule has 0 spiro atoms. The van der Waals surface area contributed by atoms with Gasteiger partial charge in [0.15, 0.2) is 0 Å². The van der Waals surface area contributed by atoms with Crippen LogP contribution in [-0.4, -0.2) is 32.2 Å². The molecule has 1 saturated heterocycles. The molecule has 1 aromatic rings. The van der Waals surface area contributed by atoms with Crippen LogP contribution < -0.4 is 9.47 Å². The molecule has 0 unspecified atom stereocenters. The molecule has 3 heteroatoms. The van der Waals surface area contributed by atoms with Gasteiger partial charge in [-0.3, -0.25) is 4.90 Å². The van der Waals surface area contributed by atoms with Gasteiger partial charge in [-0.1, -0.05) is 33.8 Å². The third-order valence-electron chi connectivity index (χ3n) is 4.61. The zero-order valence-corrected chi connectivity index (χ0v) is 15.0. The van der Waals surface area contributed by atoms with Gasteiger partial charge in [0.25, 0.3) is 0 Å². The van der Waals surface area contributed by atoms with Crippen molar-refractivity contribution in [2.24, 2.45) is 5.41 Å². The summed E-state index contributed by atoms with van der Waals surface area (Å²) in [6.07, 6.45) is 2.60. The fraction of sp³-hybridized carbons (Fsp3) is 0.684. The van der Waals surface area contributed by atoms with Gasteiger partial charge in [-0.25, -0.2) is 0 Å². The number of likely N-dealkylation sites (tertiary alicyclic amines) is 1. The number of ether oxygens (including phenoxy) is 2. The molecule has 3 nitrogen and oxygen atoms in total. The zero-order valence-electron chi connectivity index (χ0n) is 15.0. The van der Waals surface area contributed by atoms with Crippen molar-refractivity contribution in [1.82, 2.24) is 4.90 Å². The van der Waals surface area contributed by atoms with Crippen molar-refractivity contribution < 1.29 is 9.47 Å². The SMILES string of the molecule is COc1ccc(CN2CCCC(C)(C)C2)c(OC)c1C(C)C. The minimum Gasteiger partial charge on any atom is -0.496 e. The average Bonchev–Trinajstić information content (AvgIpc) is 2.45. The molecule has 1 fully saturated rings. The quantitative estimate of drug-likeness (QED) is 0.802. The van der Waals surface area contributed by atoms with Crippen LogP contribution in [0.3, 0.4) is 0 Å². The molecular formula is C19H31NO2. The highest BCUT2D eigenvalue weighted by Gasteiger charge is 2.27. The van der Waals surface area contributed by atoms with E-state index in [4.69, 9.17) is 9.47 Å². The van der Waals surface area contributed by atoms with E-state index in [-0.39, 0.29) is 0 Å². The minimum atomic E-state index is 0.377. The van der Waals surface area contributed by atoms with Crippen molar-refractivity contribution in [3.63, 3.8) is 0 Å². The molecule has 1 aromatic carbocycles. The largest absolute Gasteiger partial charge is 0.496 e. The first-order valence-corrected chi connectivity index (χ1v) is 8.34. The Hall–Kier alpha value is -1.22. The number of hydrogen-bond donors (Lipinski definition) is 0. The van der Waals surface area contributed by atoms with E-state index < -0.39 is 0 Å². The van der Waals surface area contributed by atoms with Gasteiger partial charge >= 0.3 is 0 Å². The molecule has 0 saturated carbocycles. The highest BCUT2D eigenvalue weighted by Crippen LogP contribution is 2.39. The number of rotatable bonds is 5. The van der Waals surface area contributed by atoms with E-state index in [0.29, 0.717) is 11.3 Å². The predicted molar refractivity (Wildman–Crippen MR) is 91.9 cm³/mol. The van der Waals surface area contributed by atoms with E-state index in [1.165, 1.54) is 30.5 Å². The van der Waals surface area contributed by atoms with Crippen LogP contribution in [0.25, 0.3) is 0 Å². The minimum absolute atomic E-state index is 0.377. The van der Waals surface area contributed by atoms with Crippen LogP contribution in [0.4, 0.5) is 0 Å². The summed E-state index contributed by atoms with van der Waals surface area (Å²) in [6.45, 7) is 12.4. The Bertz CT molecular complexity index is 508. The summed E-state index contributed by atoms with van der Waals surface area (Å²) in [5.41, 5.74) is 2.86. The third-order valence-corrected chi connectivity index (χ3v) is 4.61. The van der Waals surface area contributed by atoms with E-state index in [0.717, 1.165) is 24.6 Å². The first-order chi connectivity index (χ1) is 10.4. The first-order valence-electron chi connectivity index (χ1n) is 8.34. The van der Waals surface area contributed by atoms with Crippen LogP contribution in [0.2, 0.25) is 0 Å². The third kappa shape index (κ3) is 3.75. The van der Waals surface area contributed by atoms with Gasteiger partial charge in [-0.05, 0) is 36.8 Å². The van der Waals surface area contributed by atoms with Crippen molar-refractivity contribution in [1.29, 1.82) is 0 Å². The van der Waals surface area contributed by atoms with E-state index in [2.05, 4.69) is 44.7 Å². The first kappa shape index (κ1) is 17.1. The Morgan fingerprint density at radius 3 is 2.45 bits per heavy atom. The van der Waals surface area contributed by atoms with Crippen LogP contribution in [0, 0.1) is 5.41 Å². The molecule has 2 rings (SSSR count). The van der Waals surface area contributed by atoms with Gasteiger partial charge < -0.3 is 9.47 Å². The second-order valence-corrected chi connectivity index (χ2v) is 7.51. The van der Waals surface area contributed by atoms with E-state index in [1.807, 2.05) is 0 Å². The van der Waals surface area contributed by atoms with Crippen LogP contribution in [0.5, 0.6) is 11.5 Å². The predicted octanol–water partition coefficient (Wildman–Crippen LogP) is 4.45. The van der Waals surface area contributed by atoms with Gasteiger partial charge in [-0.2, -0.15) is 0 Å². The van der Waals surface area contributed by atoms with Crippen molar-refractivity contribution in [2.75, 3.05) is 27.3 Å². The highest BCUT2D eigenvalue weighted by molar-refractivity contribution is 5.51. The Kier molecular flexibility index (Phi) is 5.38. The van der Waals surface area contributed by atoms with Gasteiger partial charge in [-0.15, -0.1) is 0 Å². The average molecular weight is 305 g/mol. The maximum atomic E-state index is 5.77. The molecule has 124 valence electrons. The van der Waals surface area contributed by atoms with E-state index in [1.54, 1.807) is 14.2 Å². The standard InChI is InChI=1S/C19H31NO2/c1-14(2)17-16(21-5)9-8-15(18(17)22-6)12-20-11-7-10-19(3,4)13-20/h8-9,14H,7,10-13H2,1-6H3. The topological polar surface area (TPSA) is 21.7 Å². The van der Waals surface area contributed by atoms with Crippen LogP contribution in [0.1, 0.15) is 57.6 Å². The summed E-state index contributed by atoms with van der Waals surface area (Å²) in [5, 5.41) is 0. The molecule has 1 aliphatic rings. The highest BCUT2D eigenvalue weighted by atomic mass is 16.5. The molecule has 0 amide bonds. The lowest BCUT2D eigenvalue weighted by atomic mass is 9.84. The molecule has 0 atom stereocenters. The van der Waals surface area contributed by atoms with Gasteiger partial charge in [0.2, 0.25) is 0 Å². The molecule has 22 heavy (non-hydrogen) atoms. The lowest BCUT2D eigenvalue weighted by Crippen LogP contribution is -2.39. The molecule has 0 aliphatic carbocycles. The van der Waals surface area contributed by atoms with Crippen LogP contribution >= 0.6 is 0 Å². The van der Waals surface area contributed by atoms with Gasteiger partial charge in [0, 0.05) is 24.2 Å². The van der Waals surface area contributed by atoms with E-state index in [9.17, 15) is 0 Å². The van der Waals surface area contributed by atoms with Crippen LogP contribution in [-0.2, 0) is 6.54 Å². The number of benzene rings is 1. The summed E-state index contributed by atoms with van der Waals surface area (Å²) in [7, 11) is 3.50. The lowest BCUT2D eigenvalue weighted by molar-refractivity contribution is 0.111. The second kappa shape index (κ2) is 6.91. The molecule has 1 aliphatic heterocycles. The molecule has 0 bridgehead atoms. The number of hydrogen-bond acceptors (Lipinski definition) is 3. The zero-order chi connectivity index (χ0) is 16.3. The fourth-order valence-electron chi connectivity index (χ4n) is 3.64. The summed E-state index contributed by atoms with van der Waals surface area (Å²) >= 11 is 0. The molecule has 0 radical (unpaired) electrons. The smallest absolute Gasteiger partial charge is 0.130 e. The molecule has 0 aromatic heterocycles. The number of nitrogens with zero attached hydrogens (tertiary/aromatic N) is 1. The van der Waals surface area contributed by atoms with Crippen molar-refractivity contribution in [2.45, 2.75) is 53.0 Å².